The maximum absolute atomic E-state index is 13.3. The van der Waals surface area contributed by atoms with Crippen molar-refractivity contribution in [3.63, 3.8) is 0 Å². The minimum atomic E-state index is -3.40. The quantitative estimate of drug-likeness (QED) is 0.642. The first-order chi connectivity index (χ1) is 15.4. The summed E-state index contributed by atoms with van der Waals surface area (Å²) in [6.45, 7) is 1.40. The summed E-state index contributed by atoms with van der Waals surface area (Å²) in [6.07, 6.45) is 6.49. The first-order valence-corrected chi connectivity index (χ1v) is 13.5. The highest BCUT2D eigenvalue weighted by Gasteiger charge is 2.39. The van der Waals surface area contributed by atoms with Crippen molar-refractivity contribution >= 4 is 33.0 Å². The fourth-order valence-corrected chi connectivity index (χ4v) is 7.65. The number of carbonyl (C=O) groups is 1. The van der Waals surface area contributed by atoms with Gasteiger partial charge in [-0.15, -0.1) is 11.3 Å². The zero-order valence-electron chi connectivity index (χ0n) is 17.7. The Hall–Kier alpha value is -2.17. The lowest BCUT2D eigenvalue weighted by Crippen LogP contribution is -2.36. The number of carboxylic acid groups (broad SMARTS) is 1. The van der Waals surface area contributed by atoms with E-state index in [2.05, 4.69) is 10.3 Å². The van der Waals surface area contributed by atoms with Crippen molar-refractivity contribution in [2.45, 2.75) is 67.1 Å². The number of nitrogens with zero attached hydrogens (tertiary/aromatic N) is 2. The van der Waals surface area contributed by atoms with Gasteiger partial charge in [0.15, 0.2) is 9.84 Å². The van der Waals surface area contributed by atoms with Crippen LogP contribution in [0.5, 0.6) is 0 Å². The molecule has 5 rings (SSSR count). The Balaban J connectivity index is 1.41. The highest BCUT2D eigenvalue weighted by atomic mass is 32.2. The molecule has 1 saturated heterocycles. The molecule has 172 valence electrons. The van der Waals surface area contributed by atoms with Crippen molar-refractivity contribution in [2.24, 2.45) is 0 Å². The second-order valence-corrected chi connectivity index (χ2v) is 12.0. The van der Waals surface area contributed by atoms with E-state index in [9.17, 15) is 13.2 Å². The third kappa shape index (κ3) is 4.35. The van der Waals surface area contributed by atoms with Gasteiger partial charge in [-0.1, -0.05) is 6.07 Å². The van der Waals surface area contributed by atoms with E-state index in [1.807, 2.05) is 12.1 Å². The van der Waals surface area contributed by atoms with Gasteiger partial charge in [-0.25, -0.2) is 18.2 Å². The topological polar surface area (TPSA) is 109 Å². The Bertz CT molecular complexity index is 1100. The van der Waals surface area contributed by atoms with Gasteiger partial charge in [-0.3, -0.25) is 9.90 Å². The number of anilines is 1. The first-order valence-electron chi connectivity index (χ1n) is 11.2. The summed E-state index contributed by atoms with van der Waals surface area (Å²) >= 11 is 1.55. The van der Waals surface area contributed by atoms with E-state index in [-0.39, 0.29) is 17.2 Å². The van der Waals surface area contributed by atoms with E-state index in [1.54, 1.807) is 28.7 Å². The third-order valence-electron chi connectivity index (χ3n) is 6.47. The Kier molecular flexibility index (Phi) is 5.85. The molecule has 1 aliphatic heterocycles. The van der Waals surface area contributed by atoms with E-state index in [1.165, 1.54) is 0 Å². The average molecular weight is 478 g/mol. The van der Waals surface area contributed by atoms with Crippen LogP contribution in [0.2, 0.25) is 0 Å². The molecule has 1 amide bonds. The molecule has 2 aromatic rings. The molecule has 2 saturated carbocycles. The highest BCUT2D eigenvalue weighted by Crippen LogP contribution is 2.43. The molecule has 8 nitrogen and oxygen atoms in total. The minimum Gasteiger partial charge on any atom is -0.465 e. The predicted octanol–water partition coefficient (Wildman–Crippen LogP) is 4.18. The van der Waals surface area contributed by atoms with Crippen LogP contribution in [0.1, 0.15) is 55.9 Å². The maximum atomic E-state index is 13.3. The average Bonchev–Trinajstić information content (AvgIpc) is 3.30. The molecule has 10 heteroatoms. The maximum Gasteiger partial charge on any atom is 0.404 e. The lowest BCUT2D eigenvalue weighted by Gasteiger charge is -2.27. The zero-order valence-corrected chi connectivity index (χ0v) is 19.3. The predicted molar refractivity (Wildman–Crippen MR) is 122 cm³/mol. The fraction of sp³-hybridized carbons (Fsp3) is 0.545. The summed E-state index contributed by atoms with van der Waals surface area (Å²) in [6, 6.07) is 5.57. The van der Waals surface area contributed by atoms with Crippen LogP contribution in [-0.2, 0) is 14.7 Å². The van der Waals surface area contributed by atoms with Gasteiger partial charge in [-0.05, 0) is 57.1 Å². The number of hydrogen-bond donors (Lipinski definition) is 2. The number of thiazole rings is 1. The number of hydroxylamine groups is 1. The van der Waals surface area contributed by atoms with Crippen LogP contribution < -0.4 is 10.4 Å². The number of aromatic nitrogens is 1. The number of rotatable bonds is 6. The summed E-state index contributed by atoms with van der Waals surface area (Å²) in [5, 5.41) is 14.0. The van der Waals surface area contributed by atoms with Gasteiger partial charge in [0.05, 0.1) is 32.3 Å². The van der Waals surface area contributed by atoms with E-state index >= 15 is 0 Å². The van der Waals surface area contributed by atoms with Crippen molar-refractivity contribution in [3.05, 3.63) is 29.4 Å². The second-order valence-electron chi connectivity index (χ2n) is 8.77. The van der Waals surface area contributed by atoms with Crippen LogP contribution >= 0.6 is 11.3 Å². The van der Waals surface area contributed by atoms with Crippen LogP contribution in [0, 0.1) is 0 Å². The summed E-state index contributed by atoms with van der Waals surface area (Å²) in [5.74, 6) is 0.279. The smallest absolute Gasteiger partial charge is 0.404 e. The molecule has 32 heavy (non-hydrogen) atoms. The second kappa shape index (κ2) is 8.64. The summed E-state index contributed by atoms with van der Waals surface area (Å²) in [4.78, 5) is 22.4. The lowest BCUT2D eigenvalue weighted by atomic mass is 9.86. The van der Waals surface area contributed by atoms with Gasteiger partial charge in [0.2, 0.25) is 0 Å². The number of sulfone groups is 1. The van der Waals surface area contributed by atoms with E-state index in [0.29, 0.717) is 29.9 Å². The molecule has 2 aliphatic carbocycles. The number of benzene rings is 1. The van der Waals surface area contributed by atoms with Gasteiger partial charge in [0, 0.05) is 30.3 Å². The SMILES string of the molecule is O=C(O)NC1CCC(c2ncc(-c3ccc(N4CCCO4)cc3S(=O)(=O)C3CC3)s2)CC1. The summed E-state index contributed by atoms with van der Waals surface area (Å²) in [7, 11) is -3.40. The van der Waals surface area contributed by atoms with Gasteiger partial charge in [-0.2, -0.15) is 0 Å². The molecule has 3 aliphatic rings. The van der Waals surface area contributed by atoms with Gasteiger partial charge in [0.25, 0.3) is 0 Å². The zero-order chi connectivity index (χ0) is 22.3. The van der Waals surface area contributed by atoms with Crippen LogP contribution in [0.4, 0.5) is 10.5 Å². The Morgan fingerprint density at radius 3 is 2.62 bits per heavy atom. The molecular formula is C22H27N3O5S2. The van der Waals surface area contributed by atoms with Crippen molar-refractivity contribution in [3.8, 4) is 10.4 Å². The van der Waals surface area contributed by atoms with Gasteiger partial charge >= 0.3 is 6.09 Å². The number of nitrogens with one attached hydrogen (secondary N) is 1. The van der Waals surface area contributed by atoms with Crippen LogP contribution in [0.3, 0.4) is 0 Å². The molecule has 1 aromatic carbocycles. The molecule has 1 aromatic heterocycles. The summed E-state index contributed by atoms with van der Waals surface area (Å²) < 4.78 is 26.5. The Morgan fingerprint density at radius 1 is 1.19 bits per heavy atom. The molecule has 0 unspecified atom stereocenters. The molecule has 2 N–H and O–H groups in total. The first kappa shape index (κ1) is 21.7. The third-order valence-corrected chi connectivity index (χ3v) is 9.96. The van der Waals surface area contributed by atoms with E-state index in [0.717, 1.165) is 54.2 Å². The van der Waals surface area contributed by atoms with Crippen molar-refractivity contribution in [1.82, 2.24) is 10.3 Å². The fourth-order valence-electron chi connectivity index (χ4n) is 4.57. The lowest BCUT2D eigenvalue weighted by molar-refractivity contribution is 0.168. The van der Waals surface area contributed by atoms with Crippen molar-refractivity contribution < 1.29 is 23.2 Å². The molecule has 3 fully saturated rings. The molecular weight excluding hydrogens is 450 g/mol. The van der Waals surface area contributed by atoms with E-state index < -0.39 is 15.9 Å². The largest absolute Gasteiger partial charge is 0.465 e. The van der Waals surface area contributed by atoms with Crippen LogP contribution in [0.15, 0.2) is 29.3 Å². The van der Waals surface area contributed by atoms with Crippen molar-refractivity contribution in [2.75, 3.05) is 18.2 Å². The highest BCUT2D eigenvalue weighted by molar-refractivity contribution is 7.92. The van der Waals surface area contributed by atoms with Crippen LogP contribution in [0.25, 0.3) is 10.4 Å². The minimum absolute atomic E-state index is 0.00109. The van der Waals surface area contributed by atoms with Gasteiger partial charge < -0.3 is 10.4 Å². The molecule has 0 atom stereocenters. The van der Waals surface area contributed by atoms with Crippen molar-refractivity contribution in [1.29, 1.82) is 0 Å². The Morgan fingerprint density at radius 2 is 1.97 bits per heavy atom. The standard InChI is InChI=1S/C22H27N3O5S2/c26-22(27)24-15-4-2-14(3-5-15)21-23-13-19(31-21)18-9-6-16(25-10-1-11-30-25)12-20(18)32(28,29)17-7-8-17/h6,9,12-15,17,24H,1-5,7-8,10-11H2,(H,26,27). The normalized spacial score (nSPS) is 23.9. The Labute approximate surface area is 191 Å². The number of hydrogen-bond acceptors (Lipinski definition) is 7. The van der Waals surface area contributed by atoms with E-state index in [4.69, 9.17) is 9.94 Å². The number of amides is 1. The molecule has 2 heterocycles. The van der Waals surface area contributed by atoms with Crippen LogP contribution in [-0.4, -0.2) is 49.0 Å². The molecule has 0 radical (unpaired) electrons. The summed E-state index contributed by atoms with van der Waals surface area (Å²) in [5.41, 5.74) is 1.49. The van der Waals surface area contributed by atoms with Gasteiger partial charge in [0.1, 0.15) is 0 Å². The monoisotopic (exact) mass is 477 g/mol. The molecule has 0 bridgehead atoms. The molecule has 0 spiro atoms.